The van der Waals surface area contributed by atoms with Gasteiger partial charge in [0.05, 0.1) is 11.5 Å². The van der Waals surface area contributed by atoms with Crippen molar-refractivity contribution in [2.24, 2.45) is 0 Å². The van der Waals surface area contributed by atoms with E-state index >= 15 is 0 Å². The third-order valence-corrected chi connectivity index (χ3v) is 4.86. The van der Waals surface area contributed by atoms with Crippen LogP contribution in [0.5, 0.6) is 0 Å². The minimum absolute atomic E-state index is 0.0251. The number of aromatic nitrogens is 1. The summed E-state index contributed by atoms with van der Waals surface area (Å²) >= 11 is 0. The fourth-order valence-corrected chi connectivity index (χ4v) is 3.17. The van der Waals surface area contributed by atoms with E-state index in [1.807, 2.05) is 40.7 Å². The Morgan fingerprint density at radius 3 is 2.32 bits per heavy atom. The van der Waals surface area contributed by atoms with Gasteiger partial charge in [0.1, 0.15) is 0 Å². The van der Waals surface area contributed by atoms with E-state index in [0.29, 0.717) is 6.54 Å². The molecule has 0 fully saturated rings. The summed E-state index contributed by atoms with van der Waals surface area (Å²) in [7, 11) is 0. The smallest absolute Gasteiger partial charge is 0.230 e. The monoisotopic (exact) mass is 344 g/mol. The van der Waals surface area contributed by atoms with Gasteiger partial charge in [0.25, 0.3) is 0 Å². The number of amides is 1. The van der Waals surface area contributed by atoms with Crippen LogP contribution in [0.4, 0.5) is 0 Å². The van der Waals surface area contributed by atoms with Gasteiger partial charge in [-0.25, -0.2) is 0 Å². The molecule has 0 aliphatic carbocycles. The molecular formula is C21H32N2O2. The van der Waals surface area contributed by atoms with E-state index in [4.69, 9.17) is 0 Å². The second-order valence-electron chi connectivity index (χ2n) is 8.73. The number of aliphatic hydroxyl groups is 1. The van der Waals surface area contributed by atoms with Crippen molar-refractivity contribution in [3.63, 3.8) is 0 Å². The van der Waals surface area contributed by atoms with Gasteiger partial charge in [-0.3, -0.25) is 4.79 Å². The summed E-state index contributed by atoms with van der Waals surface area (Å²) in [5, 5.41) is 14.0. The number of hydrogen-bond acceptors (Lipinski definition) is 2. The number of aliphatic hydroxyl groups excluding tert-OH is 1. The van der Waals surface area contributed by atoms with E-state index < -0.39 is 11.5 Å². The maximum atomic E-state index is 12.8. The topological polar surface area (TPSA) is 54.3 Å². The number of carbonyl (C=O) groups is 1. The van der Waals surface area contributed by atoms with Gasteiger partial charge in [0, 0.05) is 28.7 Å². The Balaban J connectivity index is 2.51. The van der Waals surface area contributed by atoms with Gasteiger partial charge in [0.15, 0.2) is 0 Å². The Morgan fingerprint density at radius 2 is 1.80 bits per heavy atom. The van der Waals surface area contributed by atoms with E-state index in [1.54, 1.807) is 6.92 Å². The van der Waals surface area contributed by atoms with Crippen LogP contribution in [-0.4, -0.2) is 27.2 Å². The molecule has 25 heavy (non-hydrogen) atoms. The molecule has 0 saturated carbocycles. The van der Waals surface area contributed by atoms with Crippen LogP contribution in [0.25, 0.3) is 10.9 Å². The number of aryl methyl sites for hydroxylation is 1. The molecule has 2 N–H and O–H groups in total. The van der Waals surface area contributed by atoms with Gasteiger partial charge < -0.3 is 15.0 Å². The zero-order valence-corrected chi connectivity index (χ0v) is 16.8. The molecule has 0 bridgehead atoms. The molecule has 0 spiro atoms. The molecule has 1 aromatic carbocycles. The molecule has 0 aliphatic rings. The van der Waals surface area contributed by atoms with Crippen LogP contribution in [0.2, 0.25) is 0 Å². The number of benzene rings is 1. The molecule has 1 aromatic heterocycles. The number of hydrogen-bond donors (Lipinski definition) is 2. The van der Waals surface area contributed by atoms with Gasteiger partial charge in [-0.1, -0.05) is 6.07 Å². The van der Waals surface area contributed by atoms with Crippen molar-refractivity contribution in [1.82, 2.24) is 9.88 Å². The zero-order valence-electron chi connectivity index (χ0n) is 16.8. The lowest BCUT2D eigenvalue weighted by atomic mass is 9.82. The van der Waals surface area contributed by atoms with Crippen LogP contribution >= 0.6 is 0 Å². The first-order chi connectivity index (χ1) is 11.3. The quantitative estimate of drug-likeness (QED) is 0.885. The second kappa shape index (κ2) is 6.49. The van der Waals surface area contributed by atoms with Gasteiger partial charge in [0.2, 0.25) is 5.91 Å². The van der Waals surface area contributed by atoms with Crippen LogP contribution in [0, 0.1) is 13.8 Å². The number of carbonyl (C=O) groups excluding carboxylic acids is 1. The Labute approximate surface area is 151 Å². The molecule has 138 valence electrons. The van der Waals surface area contributed by atoms with Crippen LogP contribution in [-0.2, 0) is 16.8 Å². The first kappa shape index (κ1) is 19.5. The maximum Gasteiger partial charge on any atom is 0.230 e. The molecular weight excluding hydrogens is 312 g/mol. The van der Waals surface area contributed by atoms with E-state index in [1.165, 1.54) is 5.56 Å². The normalized spacial score (nSPS) is 14.0. The summed E-state index contributed by atoms with van der Waals surface area (Å²) in [5.74, 6) is 0.0251. The van der Waals surface area contributed by atoms with Crippen molar-refractivity contribution in [2.75, 3.05) is 0 Å². The van der Waals surface area contributed by atoms with E-state index in [9.17, 15) is 9.90 Å². The van der Waals surface area contributed by atoms with E-state index in [-0.39, 0.29) is 11.4 Å². The highest BCUT2D eigenvalue weighted by Gasteiger charge is 2.32. The van der Waals surface area contributed by atoms with Crippen LogP contribution in [0.15, 0.2) is 18.2 Å². The summed E-state index contributed by atoms with van der Waals surface area (Å²) < 4.78 is 2.15. The standard InChI is InChI=1S/C21H32N2O2/c1-13(24)12-23-15(3)14(2)17-11-16(9-10-18(17)23)21(7,8)19(25)22-20(4,5)6/h9-11,13,24H,12H2,1-8H3,(H,22,25). The fraction of sp³-hybridized carbons (Fsp3) is 0.571. The molecule has 1 amide bonds. The number of rotatable bonds is 4. The first-order valence-electron chi connectivity index (χ1n) is 8.95. The highest BCUT2D eigenvalue weighted by molar-refractivity contribution is 5.91. The zero-order chi connectivity index (χ0) is 19.2. The van der Waals surface area contributed by atoms with Crippen molar-refractivity contribution in [1.29, 1.82) is 0 Å². The predicted molar refractivity (Wildman–Crippen MR) is 104 cm³/mol. The fourth-order valence-electron chi connectivity index (χ4n) is 3.17. The lowest BCUT2D eigenvalue weighted by Crippen LogP contribution is -2.48. The molecule has 4 heteroatoms. The van der Waals surface area contributed by atoms with E-state index in [2.05, 4.69) is 35.9 Å². The molecule has 0 aliphatic heterocycles. The summed E-state index contributed by atoms with van der Waals surface area (Å²) in [5.41, 5.74) is 3.58. The van der Waals surface area contributed by atoms with E-state index in [0.717, 1.165) is 22.2 Å². The molecule has 2 rings (SSSR count). The second-order valence-corrected chi connectivity index (χ2v) is 8.73. The molecule has 1 unspecified atom stereocenters. The Kier molecular flexibility index (Phi) is 5.06. The summed E-state index contributed by atoms with van der Waals surface area (Å²) in [6, 6.07) is 6.22. The van der Waals surface area contributed by atoms with Crippen molar-refractivity contribution >= 4 is 16.8 Å². The molecule has 4 nitrogen and oxygen atoms in total. The van der Waals surface area contributed by atoms with Crippen molar-refractivity contribution in [3.8, 4) is 0 Å². The molecule has 1 atom stereocenters. The summed E-state index contributed by atoms with van der Waals surface area (Å²) in [6.45, 7) is 16.5. The Bertz CT molecular complexity index is 792. The SMILES string of the molecule is Cc1c(C)n(CC(C)O)c2ccc(C(C)(C)C(=O)NC(C)(C)C)cc12. The highest BCUT2D eigenvalue weighted by Crippen LogP contribution is 2.32. The van der Waals surface area contributed by atoms with Gasteiger partial charge >= 0.3 is 0 Å². The Morgan fingerprint density at radius 1 is 1.20 bits per heavy atom. The molecule has 1 heterocycles. The number of fused-ring (bicyclic) bond motifs is 1. The summed E-state index contributed by atoms with van der Waals surface area (Å²) in [4.78, 5) is 12.8. The largest absolute Gasteiger partial charge is 0.392 e. The minimum Gasteiger partial charge on any atom is -0.392 e. The number of nitrogens with one attached hydrogen (secondary N) is 1. The van der Waals surface area contributed by atoms with Crippen molar-refractivity contribution in [3.05, 3.63) is 35.0 Å². The minimum atomic E-state index is -0.617. The lowest BCUT2D eigenvalue weighted by molar-refractivity contribution is -0.127. The van der Waals surface area contributed by atoms with Gasteiger partial charge in [-0.05, 0) is 78.6 Å². The van der Waals surface area contributed by atoms with Crippen LogP contribution < -0.4 is 5.32 Å². The van der Waals surface area contributed by atoms with Crippen LogP contribution in [0.1, 0.15) is 58.4 Å². The average molecular weight is 344 g/mol. The Hall–Kier alpha value is -1.81. The van der Waals surface area contributed by atoms with Crippen molar-refractivity contribution in [2.45, 2.75) is 79.0 Å². The van der Waals surface area contributed by atoms with Crippen LogP contribution in [0.3, 0.4) is 0 Å². The predicted octanol–water partition coefficient (Wildman–Crippen LogP) is 3.83. The maximum absolute atomic E-state index is 12.8. The van der Waals surface area contributed by atoms with Crippen molar-refractivity contribution < 1.29 is 9.90 Å². The lowest BCUT2D eigenvalue weighted by Gasteiger charge is -2.30. The molecule has 0 saturated heterocycles. The van der Waals surface area contributed by atoms with Gasteiger partial charge in [-0.15, -0.1) is 0 Å². The molecule has 2 aromatic rings. The third kappa shape index (κ3) is 3.90. The summed E-state index contributed by atoms with van der Waals surface area (Å²) in [6.07, 6.45) is -0.401. The number of nitrogens with zero attached hydrogens (tertiary/aromatic N) is 1. The molecule has 0 radical (unpaired) electrons. The first-order valence-corrected chi connectivity index (χ1v) is 8.95. The highest BCUT2D eigenvalue weighted by atomic mass is 16.3. The van der Waals surface area contributed by atoms with Gasteiger partial charge in [-0.2, -0.15) is 0 Å². The third-order valence-electron chi connectivity index (χ3n) is 4.86. The average Bonchev–Trinajstić information content (AvgIpc) is 2.70.